The number of nitrogens with one attached hydrogen (secondary N) is 1. The maximum atomic E-state index is 13.3. The first-order chi connectivity index (χ1) is 13.7. The van der Waals surface area contributed by atoms with Crippen LogP contribution in [0.2, 0.25) is 0 Å². The first-order valence-corrected chi connectivity index (χ1v) is 9.87. The van der Waals surface area contributed by atoms with Crippen LogP contribution in [0.15, 0.2) is 54.6 Å². The summed E-state index contributed by atoms with van der Waals surface area (Å²) in [5.41, 5.74) is 2.51. The van der Waals surface area contributed by atoms with E-state index >= 15 is 0 Å². The molecule has 142 valence electrons. The highest BCUT2D eigenvalue weighted by Crippen LogP contribution is 2.40. The van der Waals surface area contributed by atoms with Crippen molar-refractivity contribution >= 4 is 34.5 Å². The van der Waals surface area contributed by atoms with Gasteiger partial charge < -0.3 is 5.32 Å². The molecule has 28 heavy (non-hydrogen) atoms. The molecule has 2 aromatic carbocycles. The third-order valence-corrected chi connectivity index (χ3v) is 5.75. The minimum atomic E-state index is -0.549. The van der Waals surface area contributed by atoms with Crippen LogP contribution in [-0.2, 0) is 9.59 Å². The van der Waals surface area contributed by atoms with Gasteiger partial charge in [-0.05, 0) is 37.1 Å². The highest BCUT2D eigenvalue weighted by atomic mass is 16.2. The Kier molecular flexibility index (Phi) is 4.11. The lowest BCUT2D eigenvalue weighted by atomic mass is 10.1. The van der Waals surface area contributed by atoms with Crippen LogP contribution in [0.5, 0.6) is 0 Å². The minimum absolute atomic E-state index is 0.0108. The molecule has 3 aromatic rings. The molecule has 5 rings (SSSR count). The Morgan fingerprint density at radius 2 is 1.75 bits per heavy atom. The molecule has 0 bridgehead atoms. The van der Waals surface area contributed by atoms with Crippen molar-refractivity contribution in [3.8, 4) is 0 Å². The maximum Gasteiger partial charge on any atom is 0.253 e. The van der Waals surface area contributed by atoms with E-state index in [-0.39, 0.29) is 24.3 Å². The quantitative estimate of drug-likeness (QED) is 0.753. The molecule has 1 atom stereocenters. The molecule has 0 radical (unpaired) electrons. The van der Waals surface area contributed by atoms with Crippen LogP contribution in [-0.4, -0.2) is 27.4 Å². The van der Waals surface area contributed by atoms with Gasteiger partial charge in [-0.25, -0.2) is 4.98 Å². The highest BCUT2D eigenvalue weighted by molar-refractivity contribution is 6.05. The van der Waals surface area contributed by atoms with E-state index in [1.54, 1.807) is 0 Å². The van der Waals surface area contributed by atoms with Gasteiger partial charge in [-0.15, -0.1) is 0 Å². The zero-order valence-corrected chi connectivity index (χ0v) is 15.5. The van der Waals surface area contributed by atoms with Gasteiger partial charge >= 0.3 is 0 Å². The summed E-state index contributed by atoms with van der Waals surface area (Å²) in [4.78, 5) is 32.6. The summed E-state index contributed by atoms with van der Waals surface area (Å²) in [5.74, 6) is 0.514. The zero-order valence-electron chi connectivity index (χ0n) is 15.5. The molecule has 0 saturated heterocycles. The molecule has 2 heterocycles. The summed E-state index contributed by atoms with van der Waals surface area (Å²) >= 11 is 0. The molecular weight excluding hydrogens is 352 g/mol. The fraction of sp³-hybridized carbons (Fsp3) is 0.318. The number of aromatic nitrogens is 2. The molecule has 1 N–H and O–H groups in total. The molecule has 6 heteroatoms. The minimum Gasteiger partial charge on any atom is -0.326 e. The standard InChI is InChI=1S/C22H22N4O2/c27-20(23-15-8-2-1-3-9-15)14-19-21(28)25(16-10-4-5-11-16)22-24-17-12-6-7-13-18(17)26(19)22/h1-3,6-9,12-13,16,19H,4-5,10-11,14H2,(H,23,27). The van der Waals surface area contributed by atoms with Crippen molar-refractivity contribution in [3.05, 3.63) is 54.6 Å². The molecule has 0 spiro atoms. The van der Waals surface area contributed by atoms with E-state index in [1.807, 2.05) is 64.1 Å². The van der Waals surface area contributed by atoms with Gasteiger partial charge in [0.1, 0.15) is 6.04 Å². The van der Waals surface area contributed by atoms with Crippen molar-refractivity contribution in [3.63, 3.8) is 0 Å². The maximum absolute atomic E-state index is 13.3. The summed E-state index contributed by atoms with van der Waals surface area (Å²) < 4.78 is 1.96. The Hall–Kier alpha value is -3.15. The van der Waals surface area contributed by atoms with Crippen LogP contribution >= 0.6 is 0 Å². The molecule has 6 nitrogen and oxygen atoms in total. The lowest BCUT2D eigenvalue weighted by molar-refractivity contribution is -0.125. The number of anilines is 2. The van der Waals surface area contributed by atoms with Crippen LogP contribution in [0, 0.1) is 0 Å². The second kappa shape index (κ2) is 6.78. The van der Waals surface area contributed by atoms with E-state index in [1.165, 1.54) is 0 Å². The van der Waals surface area contributed by atoms with E-state index in [9.17, 15) is 9.59 Å². The first-order valence-electron chi connectivity index (χ1n) is 9.87. The Balaban J connectivity index is 1.49. The van der Waals surface area contributed by atoms with E-state index in [4.69, 9.17) is 4.98 Å². The number of amides is 2. The molecular formula is C22H22N4O2. The summed E-state index contributed by atoms with van der Waals surface area (Å²) in [5, 5.41) is 2.90. The van der Waals surface area contributed by atoms with Gasteiger partial charge in [0.2, 0.25) is 11.9 Å². The summed E-state index contributed by atoms with van der Waals surface area (Å²) in [7, 11) is 0. The Bertz CT molecular complexity index is 1040. The van der Waals surface area contributed by atoms with Crippen LogP contribution in [0.25, 0.3) is 11.0 Å². The number of benzene rings is 2. The number of nitrogens with zero attached hydrogens (tertiary/aromatic N) is 3. The van der Waals surface area contributed by atoms with Crippen molar-refractivity contribution in [1.29, 1.82) is 0 Å². The van der Waals surface area contributed by atoms with Crippen molar-refractivity contribution in [2.24, 2.45) is 0 Å². The predicted molar refractivity (Wildman–Crippen MR) is 108 cm³/mol. The monoisotopic (exact) mass is 374 g/mol. The van der Waals surface area contributed by atoms with E-state index < -0.39 is 6.04 Å². The van der Waals surface area contributed by atoms with Crippen molar-refractivity contribution in [1.82, 2.24) is 9.55 Å². The summed E-state index contributed by atoms with van der Waals surface area (Å²) in [6.07, 6.45) is 4.36. The third kappa shape index (κ3) is 2.76. The first kappa shape index (κ1) is 17.0. The van der Waals surface area contributed by atoms with Gasteiger partial charge in [0.15, 0.2) is 0 Å². The van der Waals surface area contributed by atoms with Gasteiger partial charge in [0, 0.05) is 11.7 Å². The third-order valence-electron chi connectivity index (χ3n) is 5.75. The molecule has 2 aliphatic rings. The molecule has 1 aliphatic carbocycles. The smallest absolute Gasteiger partial charge is 0.253 e. The fourth-order valence-electron chi connectivity index (χ4n) is 4.47. The Labute approximate surface area is 163 Å². The molecule has 2 amide bonds. The topological polar surface area (TPSA) is 67.2 Å². The predicted octanol–water partition coefficient (Wildman–Crippen LogP) is 3.90. The van der Waals surface area contributed by atoms with Crippen molar-refractivity contribution in [2.45, 2.75) is 44.2 Å². The van der Waals surface area contributed by atoms with Gasteiger partial charge in [0.05, 0.1) is 17.5 Å². The van der Waals surface area contributed by atoms with E-state index in [2.05, 4.69) is 5.32 Å². The van der Waals surface area contributed by atoms with Gasteiger partial charge in [-0.2, -0.15) is 0 Å². The lowest BCUT2D eigenvalue weighted by Gasteiger charge is -2.22. The molecule has 1 saturated carbocycles. The van der Waals surface area contributed by atoms with Gasteiger partial charge in [-0.3, -0.25) is 19.1 Å². The SMILES string of the molecule is O=C(CC1C(=O)N(C2CCCC2)c2nc3ccccc3n21)Nc1ccccc1. The Morgan fingerprint density at radius 1 is 1.04 bits per heavy atom. The number of hydrogen-bond donors (Lipinski definition) is 1. The molecule has 1 unspecified atom stereocenters. The van der Waals surface area contributed by atoms with Gasteiger partial charge in [-0.1, -0.05) is 43.2 Å². The van der Waals surface area contributed by atoms with E-state index in [0.717, 1.165) is 42.4 Å². The number of fused-ring (bicyclic) bond motifs is 3. The summed E-state index contributed by atoms with van der Waals surface area (Å²) in [6.45, 7) is 0. The molecule has 1 aliphatic heterocycles. The highest BCUT2D eigenvalue weighted by Gasteiger charge is 2.44. The van der Waals surface area contributed by atoms with Crippen LogP contribution in [0.4, 0.5) is 11.6 Å². The molecule has 1 aromatic heterocycles. The average Bonchev–Trinajstić information content (AvgIpc) is 3.40. The molecule has 1 fully saturated rings. The Morgan fingerprint density at radius 3 is 2.54 bits per heavy atom. The normalized spacial score (nSPS) is 19.4. The summed E-state index contributed by atoms with van der Waals surface area (Å²) in [6, 6.07) is 16.8. The fourth-order valence-corrected chi connectivity index (χ4v) is 4.47. The largest absolute Gasteiger partial charge is 0.326 e. The second-order valence-corrected chi connectivity index (χ2v) is 7.55. The van der Waals surface area contributed by atoms with Crippen molar-refractivity contribution in [2.75, 3.05) is 10.2 Å². The number of carbonyl (C=O) groups is 2. The number of para-hydroxylation sites is 3. The van der Waals surface area contributed by atoms with Crippen molar-refractivity contribution < 1.29 is 9.59 Å². The number of imidazole rings is 1. The average molecular weight is 374 g/mol. The number of rotatable bonds is 4. The number of hydrogen-bond acceptors (Lipinski definition) is 3. The second-order valence-electron chi connectivity index (χ2n) is 7.55. The van der Waals surface area contributed by atoms with Crippen LogP contribution < -0.4 is 10.2 Å². The number of carbonyl (C=O) groups excluding carboxylic acids is 2. The van der Waals surface area contributed by atoms with E-state index in [0.29, 0.717) is 5.95 Å². The lowest BCUT2D eigenvalue weighted by Crippen LogP contribution is -2.38. The van der Waals surface area contributed by atoms with Crippen LogP contribution in [0.3, 0.4) is 0 Å². The van der Waals surface area contributed by atoms with Gasteiger partial charge in [0.25, 0.3) is 5.91 Å². The van der Waals surface area contributed by atoms with Crippen LogP contribution in [0.1, 0.15) is 38.1 Å². The zero-order chi connectivity index (χ0) is 19.1.